The largest absolute Gasteiger partial charge is 0.488 e. The average molecular weight is 270 g/mol. The van der Waals surface area contributed by atoms with Crippen LogP contribution in [0.4, 0.5) is 0 Å². The predicted octanol–water partition coefficient (Wildman–Crippen LogP) is 2.51. The molecule has 1 saturated heterocycles. The van der Waals surface area contributed by atoms with Crippen LogP contribution in [0.5, 0.6) is 5.75 Å². The van der Waals surface area contributed by atoms with Crippen molar-refractivity contribution in [3.8, 4) is 5.75 Å². The fraction of sp³-hybridized carbons (Fsp3) is 0.333. The highest BCUT2D eigenvalue weighted by atomic mass is 16.5. The molecule has 0 bridgehead atoms. The lowest BCUT2D eigenvalue weighted by Gasteiger charge is -2.15. The molecule has 1 atom stereocenters. The summed E-state index contributed by atoms with van der Waals surface area (Å²) in [5, 5.41) is 8.27. The molecule has 0 saturated carbocycles. The molecule has 0 aliphatic carbocycles. The maximum absolute atomic E-state index is 5.77. The van der Waals surface area contributed by atoms with Crippen LogP contribution in [0.3, 0.4) is 0 Å². The molecule has 102 valence electrons. The Morgan fingerprint density at radius 2 is 2.10 bits per heavy atom. The van der Waals surface area contributed by atoms with E-state index in [1.54, 1.807) is 0 Å². The summed E-state index contributed by atoms with van der Waals surface area (Å²) in [6, 6.07) is 7.91. The number of fused-ring (bicyclic) bond motifs is 1. The number of hydrogen-bond donors (Lipinski definition) is 0. The Bertz CT molecular complexity index is 657. The summed E-state index contributed by atoms with van der Waals surface area (Å²) in [7, 11) is 0. The van der Waals surface area contributed by atoms with Gasteiger partial charge in [0.2, 0.25) is 11.8 Å². The van der Waals surface area contributed by atoms with Gasteiger partial charge >= 0.3 is 0 Å². The van der Waals surface area contributed by atoms with Crippen molar-refractivity contribution in [2.45, 2.75) is 12.3 Å². The third-order valence-electron chi connectivity index (χ3n) is 3.63. The fourth-order valence-electron chi connectivity index (χ4n) is 2.50. The summed E-state index contributed by atoms with van der Waals surface area (Å²) in [5.41, 5.74) is 1.96. The molecular formula is C15H14N2O3. The summed E-state index contributed by atoms with van der Waals surface area (Å²) in [5.74, 6) is 2.33. The minimum Gasteiger partial charge on any atom is -0.488 e. The highest BCUT2D eigenvalue weighted by molar-refractivity contribution is 5.82. The van der Waals surface area contributed by atoms with Crippen molar-refractivity contribution in [1.82, 2.24) is 10.2 Å². The molecule has 4 rings (SSSR count). The third kappa shape index (κ3) is 2.00. The first-order valence-electron chi connectivity index (χ1n) is 6.74. The van der Waals surface area contributed by atoms with E-state index in [-0.39, 0.29) is 5.92 Å². The Morgan fingerprint density at radius 3 is 3.00 bits per heavy atom. The van der Waals surface area contributed by atoms with Gasteiger partial charge in [0.1, 0.15) is 12.4 Å². The van der Waals surface area contributed by atoms with Crippen LogP contribution in [0, 0.1) is 0 Å². The van der Waals surface area contributed by atoms with Crippen LogP contribution in [-0.2, 0) is 4.74 Å². The van der Waals surface area contributed by atoms with Gasteiger partial charge in [-0.15, -0.1) is 10.2 Å². The van der Waals surface area contributed by atoms with Gasteiger partial charge in [0.05, 0.1) is 18.1 Å². The number of hydrogen-bond acceptors (Lipinski definition) is 5. The molecule has 2 aliphatic rings. The van der Waals surface area contributed by atoms with Crippen molar-refractivity contribution in [3.63, 3.8) is 0 Å². The van der Waals surface area contributed by atoms with Crippen molar-refractivity contribution in [3.05, 3.63) is 41.6 Å². The van der Waals surface area contributed by atoms with Gasteiger partial charge in [0, 0.05) is 12.2 Å². The lowest BCUT2D eigenvalue weighted by molar-refractivity contribution is 0.190. The van der Waals surface area contributed by atoms with Crippen molar-refractivity contribution in [2.75, 3.05) is 19.8 Å². The van der Waals surface area contributed by atoms with Crippen molar-refractivity contribution >= 4 is 11.6 Å². The summed E-state index contributed by atoms with van der Waals surface area (Å²) in [4.78, 5) is 0. The van der Waals surface area contributed by atoms with E-state index in [1.807, 2.05) is 30.3 Å². The quantitative estimate of drug-likeness (QED) is 0.839. The van der Waals surface area contributed by atoms with Crippen LogP contribution in [0.25, 0.3) is 11.6 Å². The van der Waals surface area contributed by atoms with E-state index in [9.17, 15) is 0 Å². The van der Waals surface area contributed by atoms with Crippen LogP contribution in [-0.4, -0.2) is 30.0 Å². The van der Waals surface area contributed by atoms with Gasteiger partial charge in [-0.05, 0) is 18.6 Å². The lowest BCUT2D eigenvalue weighted by atomic mass is 10.1. The van der Waals surface area contributed by atoms with Gasteiger partial charge in [-0.2, -0.15) is 0 Å². The molecule has 0 spiro atoms. The van der Waals surface area contributed by atoms with Gasteiger partial charge in [-0.3, -0.25) is 0 Å². The first-order valence-corrected chi connectivity index (χ1v) is 6.74. The van der Waals surface area contributed by atoms with Crippen LogP contribution in [0.2, 0.25) is 0 Å². The smallest absolute Gasteiger partial charge is 0.247 e. The number of aromatic nitrogens is 2. The van der Waals surface area contributed by atoms with Crippen molar-refractivity contribution in [1.29, 1.82) is 0 Å². The standard InChI is InChI=1S/C15H14N2O3/c1-2-4-13-10(3-1)7-12(9-19-13)15-17-16-14(20-15)11-5-6-18-8-11/h1-4,7,11H,5-6,8-9H2. The van der Waals surface area contributed by atoms with Crippen molar-refractivity contribution in [2.24, 2.45) is 0 Å². The molecule has 5 heteroatoms. The zero-order valence-corrected chi connectivity index (χ0v) is 10.9. The van der Waals surface area contributed by atoms with E-state index in [1.165, 1.54) is 0 Å². The second-order valence-corrected chi connectivity index (χ2v) is 5.00. The molecule has 1 fully saturated rings. The SMILES string of the molecule is C1=C(c2nnc(C3CCOC3)o2)COc2ccccc21. The molecular weight excluding hydrogens is 256 g/mol. The number of para-hydroxylation sites is 1. The molecule has 1 unspecified atom stereocenters. The molecule has 5 nitrogen and oxygen atoms in total. The first kappa shape index (κ1) is 11.7. The highest BCUT2D eigenvalue weighted by Gasteiger charge is 2.25. The predicted molar refractivity (Wildman–Crippen MR) is 72.3 cm³/mol. The Kier molecular flexibility index (Phi) is 2.77. The van der Waals surface area contributed by atoms with E-state index in [2.05, 4.69) is 10.2 Å². The molecule has 0 amide bonds. The summed E-state index contributed by atoms with van der Waals surface area (Å²) < 4.78 is 16.8. The summed E-state index contributed by atoms with van der Waals surface area (Å²) >= 11 is 0. The van der Waals surface area contributed by atoms with Gasteiger partial charge in [0.25, 0.3) is 0 Å². The normalized spacial score (nSPS) is 21.2. The second-order valence-electron chi connectivity index (χ2n) is 5.00. The van der Waals surface area contributed by atoms with Crippen LogP contribution in [0.15, 0.2) is 28.7 Å². The van der Waals surface area contributed by atoms with E-state index >= 15 is 0 Å². The maximum atomic E-state index is 5.77. The maximum Gasteiger partial charge on any atom is 0.247 e. The van der Waals surface area contributed by atoms with Gasteiger partial charge < -0.3 is 13.9 Å². The van der Waals surface area contributed by atoms with Gasteiger partial charge in [0.15, 0.2) is 0 Å². The van der Waals surface area contributed by atoms with Gasteiger partial charge in [-0.1, -0.05) is 18.2 Å². The number of benzene rings is 1. The van der Waals surface area contributed by atoms with E-state index < -0.39 is 0 Å². The Labute approximate surface area is 116 Å². The van der Waals surface area contributed by atoms with E-state index in [4.69, 9.17) is 13.9 Å². The zero-order valence-electron chi connectivity index (χ0n) is 10.9. The Morgan fingerprint density at radius 1 is 1.15 bits per heavy atom. The van der Waals surface area contributed by atoms with Crippen LogP contribution in [0.1, 0.15) is 29.7 Å². The lowest BCUT2D eigenvalue weighted by Crippen LogP contribution is -2.06. The molecule has 2 aliphatic heterocycles. The molecule has 1 aromatic carbocycles. The third-order valence-corrected chi connectivity index (χ3v) is 3.63. The van der Waals surface area contributed by atoms with Crippen LogP contribution < -0.4 is 4.74 Å². The average Bonchev–Trinajstić information content (AvgIpc) is 3.17. The van der Waals surface area contributed by atoms with Crippen molar-refractivity contribution < 1.29 is 13.9 Å². The monoisotopic (exact) mass is 270 g/mol. The van der Waals surface area contributed by atoms with Gasteiger partial charge in [-0.25, -0.2) is 0 Å². The summed E-state index contributed by atoms with van der Waals surface area (Å²) in [6.45, 7) is 1.89. The molecule has 2 aromatic rings. The zero-order chi connectivity index (χ0) is 13.4. The fourth-order valence-corrected chi connectivity index (χ4v) is 2.50. The molecule has 20 heavy (non-hydrogen) atoms. The number of ether oxygens (including phenoxy) is 2. The van der Waals surface area contributed by atoms with E-state index in [0.29, 0.717) is 25.0 Å². The molecule has 0 radical (unpaired) electrons. The topological polar surface area (TPSA) is 57.4 Å². The number of nitrogens with zero attached hydrogens (tertiary/aromatic N) is 2. The van der Waals surface area contributed by atoms with Crippen LogP contribution >= 0.6 is 0 Å². The first-order chi connectivity index (χ1) is 9.90. The molecule has 3 heterocycles. The molecule has 0 N–H and O–H groups in total. The highest BCUT2D eigenvalue weighted by Crippen LogP contribution is 2.31. The Balaban J connectivity index is 1.64. The number of rotatable bonds is 2. The minimum atomic E-state index is 0.230. The summed E-state index contributed by atoms with van der Waals surface area (Å²) in [6.07, 6.45) is 2.99. The van der Waals surface area contributed by atoms with E-state index in [0.717, 1.165) is 29.9 Å². The molecule has 1 aromatic heterocycles. The Hall–Kier alpha value is -2.14. The second kappa shape index (κ2) is 4.76. The minimum absolute atomic E-state index is 0.230.